The van der Waals surface area contributed by atoms with E-state index >= 15 is 0 Å². The summed E-state index contributed by atoms with van der Waals surface area (Å²) in [6, 6.07) is 0. The number of aromatic nitrogens is 3. The van der Waals surface area contributed by atoms with E-state index in [0.717, 1.165) is 25.0 Å². The van der Waals surface area contributed by atoms with E-state index in [4.69, 9.17) is 9.62 Å². The highest BCUT2D eigenvalue weighted by molar-refractivity contribution is 5.40. The molecule has 0 aromatic carbocycles. The molecule has 5 nitrogen and oxygen atoms in total. The summed E-state index contributed by atoms with van der Waals surface area (Å²) in [6.45, 7) is 7.57. The number of nitrogens with zero attached hydrogens (tertiary/aromatic N) is 3. The van der Waals surface area contributed by atoms with Gasteiger partial charge in [0, 0.05) is 22.6 Å². The number of aryl methyl sites for hydroxylation is 1. The van der Waals surface area contributed by atoms with Crippen LogP contribution in [0.15, 0.2) is 16.9 Å². The molecule has 0 unspecified atom stereocenters. The van der Waals surface area contributed by atoms with Gasteiger partial charge in [-0.3, -0.25) is 4.68 Å². The first-order valence-electron chi connectivity index (χ1n) is 8.08. The first-order valence-corrected chi connectivity index (χ1v) is 8.08. The van der Waals surface area contributed by atoms with Gasteiger partial charge >= 0.3 is 0 Å². The van der Waals surface area contributed by atoms with Crippen LogP contribution in [-0.2, 0) is 30.2 Å². The smallest absolute Gasteiger partial charge is 0.145 e. The lowest BCUT2D eigenvalue weighted by molar-refractivity contribution is 0.109. The minimum atomic E-state index is -0.0305. The van der Waals surface area contributed by atoms with Crippen LogP contribution in [0.3, 0.4) is 0 Å². The van der Waals surface area contributed by atoms with Gasteiger partial charge in [0.05, 0.1) is 25.0 Å². The standard InChI is InChI=1S/C17H23N3O2/c1-16(2)13-5-4-11-10-20(6-7-21)19-14(11)17(13,3)8-12-9-18-22-15(12)16/h9-10,13,21H,4-8H2,1-3H3/t13-,17-/m0/s1. The largest absolute Gasteiger partial charge is 0.394 e. The fraction of sp³-hybridized carbons (Fsp3) is 0.647. The molecule has 2 aliphatic rings. The van der Waals surface area contributed by atoms with Gasteiger partial charge in [-0.25, -0.2) is 0 Å². The Morgan fingerprint density at radius 2 is 2.18 bits per heavy atom. The number of aliphatic hydroxyl groups excluding tert-OH is 1. The molecule has 1 N–H and O–H groups in total. The van der Waals surface area contributed by atoms with Gasteiger partial charge in [-0.2, -0.15) is 5.10 Å². The van der Waals surface area contributed by atoms with Gasteiger partial charge in [0.25, 0.3) is 0 Å². The molecule has 2 aliphatic carbocycles. The van der Waals surface area contributed by atoms with Crippen molar-refractivity contribution in [3.05, 3.63) is 35.0 Å². The molecule has 22 heavy (non-hydrogen) atoms. The van der Waals surface area contributed by atoms with E-state index in [0.29, 0.717) is 12.5 Å². The number of fused-ring (bicyclic) bond motifs is 4. The van der Waals surface area contributed by atoms with Crippen LogP contribution < -0.4 is 0 Å². The predicted octanol–water partition coefficient (Wildman–Crippen LogP) is 2.22. The normalized spacial score (nSPS) is 28.8. The zero-order valence-electron chi connectivity index (χ0n) is 13.5. The minimum absolute atomic E-state index is 0.0103. The van der Waals surface area contributed by atoms with Crippen LogP contribution in [0.1, 0.15) is 49.8 Å². The molecule has 2 atom stereocenters. The van der Waals surface area contributed by atoms with Gasteiger partial charge in [0.1, 0.15) is 5.76 Å². The summed E-state index contributed by atoms with van der Waals surface area (Å²) >= 11 is 0. The molecular weight excluding hydrogens is 278 g/mol. The number of hydrogen-bond acceptors (Lipinski definition) is 4. The van der Waals surface area contributed by atoms with Gasteiger partial charge in [-0.1, -0.05) is 25.9 Å². The van der Waals surface area contributed by atoms with Crippen molar-refractivity contribution in [3.8, 4) is 0 Å². The SMILES string of the molecule is CC1(C)c2oncc2C[C@]2(C)c3nn(CCO)cc3CC[C@@H]12. The van der Waals surface area contributed by atoms with Gasteiger partial charge in [0.15, 0.2) is 0 Å². The number of hydrogen-bond donors (Lipinski definition) is 1. The second-order valence-electron chi connectivity index (χ2n) is 7.58. The van der Waals surface area contributed by atoms with E-state index in [2.05, 4.69) is 32.1 Å². The topological polar surface area (TPSA) is 64.1 Å². The van der Waals surface area contributed by atoms with Gasteiger partial charge < -0.3 is 9.63 Å². The first kappa shape index (κ1) is 14.0. The fourth-order valence-corrected chi connectivity index (χ4v) is 4.96. The van der Waals surface area contributed by atoms with Crippen molar-refractivity contribution in [3.63, 3.8) is 0 Å². The summed E-state index contributed by atoms with van der Waals surface area (Å²) < 4.78 is 7.49. The third-order valence-corrected chi connectivity index (χ3v) is 5.84. The monoisotopic (exact) mass is 301 g/mol. The Bertz CT molecular complexity index is 715. The molecule has 0 amide bonds. The Morgan fingerprint density at radius 1 is 1.36 bits per heavy atom. The lowest BCUT2D eigenvalue weighted by atomic mass is 9.52. The van der Waals surface area contributed by atoms with E-state index in [1.807, 2.05) is 10.9 Å². The Kier molecular flexibility index (Phi) is 2.83. The Balaban J connectivity index is 1.86. The summed E-state index contributed by atoms with van der Waals surface area (Å²) in [7, 11) is 0. The van der Waals surface area contributed by atoms with Crippen LogP contribution >= 0.6 is 0 Å². The molecule has 0 radical (unpaired) electrons. The molecular formula is C17H23N3O2. The van der Waals surface area contributed by atoms with E-state index in [9.17, 15) is 5.11 Å². The molecule has 118 valence electrons. The highest BCUT2D eigenvalue weighted by Crippen LogP contribution is 2.55. The maximum atomic E-state index is 9.18. The summed E-state index contributed by atoms with van der Waals surface area (Å²) in [5.41, 5.74) is 3.74. The summed E-state index contributed by atoms with van der Waals surface area (Å²) in [6.07, 6.45) is 7.11. The lowest BCUT2D eigenvalue weighted by Gasteiger charge is -2.51. The molecule has 5 heteroatoms. The molecule has 0 saturated carbocycles. The quantitative estimate of drug-likeness (QED) is 0.924. The highest BCUT2D eigenvalue weighted by atomic mass is 16.5. The summed E-state index contributed by atoms with van der Waals surface area (Å²) in [5, 5.41) is 18.1. The maximum absolute atomic E-state index is 9.18. The van der Waals surface area contributed by atoms with Crippen LogP contribution in [0.2, 0.25) is 0 Å². The Labute approximate surface area is 130 Å². The molecule has 0 aliphatic heterocycles. The van der Waals surface area contributed by atoms with Crippen molar-refractivity contribution >= 4 is 0 Å². The second-order valence-corrected chi connectivity index (χ2v) is 7.58. The van der Waals surface area contributed by atoms with Crippen LogP contribution in [-0.4, -0.2) is 26.7 Å². The molecule has 2 aromatic heterocycles. The Morgan fingerprint density at radius 3 is 2.95 bits per heavy atom. The average molecular weight is 301 g/mol. The molecule has 2 aromatic rings. The Hall–Kier alpha value is -1.62. The van der Waals surface area contributed by atoms with Crippen LogP contribution in [0.25, 0.3) is 0 Å². The van der Waals surface area contributed by atoms with Gasteiger partial charge in [0.2, 0.25) is 0 Å². The molecule has 2 heterocycles. The number of aliphatic hydroxyl groups is 1. The fourth-order valence-electron chi connectivity index (χ4n) is 4.96. The van der Waals surface area contributed by atoms with Gasteiger partial charge in [-0.05, 0) is 30.7 Å². The van der Waals surface area contributed by atoms with Crippen molar-refractivity contribution in [2.45, 2.75) is 57.4 Å². The second kappa shape index (κ2) is 4.44. The van der Waals surface area contributed by atoms with Crippen molar-refractivity contribution in [1.29, 1.82) is 0 Å². The van der Waals surface area contributed by atoms with Crippen molar-refractivity contribution < 1.29 is 9.63 Å². The third-order valence-electron chi connectivity index (χ3n) is 5.84. The number of rotatable bonds is 2. The predicted molar refractivity (Wildman–Crippen MR) is 81.7 cm³/mol. The third kappa shape index (κ3) is 1.69. The summed E-state index contributed by atoms with van der Waals surface area (Å²) in [5.74, 6) is 1.54. The van der Waals surface area contributed by atoms with E-state index in [1.165, 1.54) is 16.8 Å². The van der Waals surface area contributed by atoms with Crippen LogP contribution in [0, 0.1) is 5.92 Å². The maximum Gasteiger partial charge on any atom is 0.145 e. The molecule has 4 rings (SSSR count). The van der Waals surface area contributed by atoms with E-state index in [1.54, 1.807) is 0 Å². The molecule has 0 spiro atoms. The van der Waals surface area contributed by atoms with E-state index < -0.39 is 0 Å². The van der Waals surface area contributed by atoms with E-state index in [-0.39, 0.29) is 17.4 Å². The average Bonchev–Trinajstić information content (AvgIpc) is 3.05. The zero-order valence-corrected chi connectivity index (χ0v) is 13.5. The molecule has 0 saturated heterocycles. The van der Waals surface area contributed by atoms with Crippen molar-refractivity contribution in [2.75, 3.05) is 6.61 Å². The lowest BCUT2D eigenvalue weighted by Crippen LogP contribution is -2.51. The zero-order chi connectivity index (χ0) is 15.5. The summed E-state index contributed by atoms with van der Waals surface area (Å²) in [4.78, 5) is 0. The van der Waals surface area contributed by atoms with Crippen molar-refractivity contribution in [1.82, 2.24) is 14.9 Å². The van der Waals surface area contributed by atoms with Crippen LogP contribution in [0.4, 0.5) is 0 Å². The minimum Gasteiger partial charge on any atom is -0.394 e. The molecule has 0 bridgehead atoms. The highest BCUT2D eigenvalue weighted by Gasteiger charge is 2.55. The van der Waals surface area contributed by atoms with Crippen LogP contribution in [0.5, 0.6) is 0 Å². The first-order chi connectivity index (χ1) is 10.5. The van der Waals surface area contributed by atoms with Crippen molar-refractivity contribution in [2.24, 2.45) is 5.92 Å². The molecule has 0 fully saturated rings. The van der Waals surface area contributed by atoms with Gasteiger partial charge in [-0.15, -0.1) is 0 Å².